The molecule has 7 N–H and O–H groups in total. The van der Waals surface area contributed by atoms with Crippen LogP contribution in [0.5, 0.6) is 0 Å². The molecule has 10 nitrogen and oxygen atoms in total. The number of aliphatic hydroxyl groups excluding tert-OH is 2. The lowest BCUT2D eigenvalue weighted by Gasteiger charge is -2.22. The first-order valence-corrected chi connectivity index (χ1v) is 6.15. The van der Waals surface area contributed by atoms with Crippen molar-refractivity contribution in [3.8, 4) is 0 Å². The summed E-state index contributed by atoms with van der Waals surface area (Å²) in [7, 11) is -4.81. The highest BCUT2D eigenvalue weighted by molar-refractivity contribution is 7.46. The quantitative estimate of drug-likeness (QED) is 0.201. The molecular formula is C7H14NO9P. The van der Waals surface area contributed by atoms with Crippen LogP contribution in [0.2, 0.25) is 0 Å². The zero-order chi connectivity index (χ0) is 14.5. The molecular weight excluding hydrogens is 273 g/mol. The summed E-state index contributed by atoms with van der Waals surface area (Å²) in [5, 5.41) is 26.9. The average Bonchev–Trinajstić information content (AvgIpc) is 2.23. The molecule has 0 spiro atoms. The fourth-order valence-electron chi connectivity index (χ4n) is 0.980. The summed E-state index contributed by atoms with van der Waals surface area (Å²) in [6.45, 7) is -0.916. The summed E-state index contributed by atoms with van der Waals surface area (Å²) in [6, 6.07) is -1.40. The molecule has 0 aromatic rings. The third kappa shape index (κ3) is 6.77. The van der Waals surface area contributed by atoms with Gasteiger partial charge in [-0.1, -0.05) is 0 Å². The van der Waals surface area contributed by atoms with E-state index < -0.39 is 50.9 Å². The number of hydrogen-bond donors (Lipinski definition) is 6. The third-order valence-corrected chi connectivity index (χ3v) is 2.39. The molecule has 0 aliphatic heterocycles. The van der Waals surface area contributed by atoms with Gasteiger partial charge in [0.05, 0.1) is 12.7 Å². The van der Waals surface area contributed by atoms with Gasteiger partial charge in [0.1, 0.15) is 6.10 Å². The summed E-state index contributed by atoms with van der Waals surface area (Å²) in [4.78, 5) is 37.7. The van der Waals surface area contributed by atoms with Gasteiger partial charge in [-0.15, -0.1) is 0 Å². The van der Waals surface area contributed by atoms with Crippen LogP contribution in [0.25, 0.3) is 0 Å². The van der Waals surface area contributed by atoms with E-state index in [1.807, 2.05) is 0 Å². The van der Waals surface area contributed by atoms with Crippen molar-refractivity contribution < 1.29 is 43.8 Å². The minimum atomic E-state index is -4.81. The van der Waals surface area contributed by atoms with Gasteiger partial charge in [0, 0.05) is 12.5 Å². The molecule has 0 saturated carbocycles. The van der Waals surface area contributed by atoms with Crippen molar-refractivity contribution in [1.29, 1.82) is 0 Å². The molecule has 0 aromatic carbocycles. The molecule has 0 fully saturated rings. The molecule has 0 aliphatic carbocycles. The van der Waals surface area contributed by atoms with Crippen LogP contribution in [-0.2, 0) is 18.7 Å². The van der Waals surface area contributed by atoms with Gasteiger partial charge in [-0.05, 0) is 0 Å². The highest BCUT2D eigenvalue weighted by atomic mass is 31.2. The largest absolute Gasteiger partial charge is 0.476 e. The lowest BCUT2D eigenvalue weighted by Crippen LogP contribution is -2.46. The van der Waals surface area contributed by atoms with Crippen LogP contribution in [0, 0.1) is 0 Å². The van der Waals surface area contributed by atoms with Crippen molar-refractivity contribution >= 4 is 19.6 Å². The minimum Gasteiger partial charge on any atom is -0.476 e. The molecule has 0 radical (unpaired) electrons. The number of hydrogen-bond acceptors (Lipinski definition) is 7. The van der Waals surface area contributed by atoms with E-state index >= 15 is 0 Å². The number of phosphoric acid groups is 1. The average molecular weight is 287 g/mol. The molecule has 0 saturated heterocycles. The van der Waals surface area contributed by atoms with Gasteiger partial charge >= 0.3 is 13.8 Å². The minimum absolute atomic E-state index is 0.733. The number of rotatable bonds is 8. The second kappa shape index (κ2) is 6.90. The second-order valence-corrected chi connectivity index (χ2v) is 4.68. The molecule has 0 aromatic heterocycles. The smallest absolute Gasteiger partial charge is 0.469 e. The molecule has 0 aliphatic rings. The molecule has 0 amide bonds. The van der Waals surface area contributed by atoms with E-state index in [0.717, 1.165) is 0 Å². The maximum absolute atomic E-state index is 10.8. The van der Waals surface area contributed by atoms with Gasteiger partial charge in [0.25, 0.3) is 0 Å². The van der Waals surface area contributed by atoms with Gasteiger partial charge in [-0.3, -0.25) is 9.32 Å². The number of Topliss-reactive ketones (excluding diaryl/α,β-unsaturated/α-hetero) is 1. The Morgan fingerprint density at radius 1 is 1.28 bits per heavy atom. The highest BCUT2D eigenvalue weighted by Crippen LogP contribution is 2.35. The number of nitrogens with two attached hydrogens (primary N) is 1. The number of carboxylic acids is 1. The van der Waals surface area contributed by atoms with Crippen LogP contribution in [0.1, 0.15) is 6.42 Å². The van der Waals surface area contributed by atoms with E-state index in [1.165, 1.54) is 0 Å². The van der Waals surface area contributed by atoms with E-state index in [9.17, 15) is 24.4 Å². The normalized spacial score (nSPS) is 16.9. The number of carboxylic acid groups (broad SMARTS) is 1. The summed E-state index contributed by atoms with van der Waals surface area (Å²) < 4.78 is 14.2. The number of aliphatic hydroxyl groups is 2. The molecule has 18 heavy (non-hydrogen) atoms. The Morgan fingerprint density at radius 2 is 1.78 bits per heavy atom. The lowest BCUT2D eigenvalue weighted by molar-refractivity contribution is -0.149. The molecule has 0 rings (SSSR count). The number of aliphatic carboxylic acids is 1. The predicted molar refractivity (Wildman–Crippen MR) is 55.2 cm³/mol. The Hall–Kier alpha value is -0.870. The fourth-order valence-corrected chi connectivity index (χ4v) is 1.33. The summed E-state index contributed by atoms with van der Waals surface area (Å²) in [5.41, 5.74) is 5.25. The van der Waals surface area contributed by atoms with Crippen molar-refractivity contribution in [2.75, 3.05) is 6.61 Å². The van der Waals surface area contributed by atoms with Gasteiger partial charge in [0.15, 0.2) is 0 Å². The molecule has 11 heteroatoms. The maximum atomic E-state index is 10.8. The highest BCUT2D eigenvalue weighted by Gasteiger charge is 2.29. The van der Waals surface area contributed by atoms with E-state index in [0.29, 0.717) is 0 Å². The van der Waals surface area contributed by atoms with Crippen LogP contribution < -0.4 is 5.73 Å². The molecule has 0 heterocycles. The standard InChI is InChI=1S/C7H14NO9P/c8-3(1-4(9)7(12)13)6(11)5(10)2-17-18(14,15)16/h3,5-6,10-11H,1-2,8H2,(H,12,13)(H2,14,15,16). The van der Waals surface area contributed by atoms with Crippen molar-refractivity contribution in [3.63, 3.8) is 0 Å². The van der Waals surface area contributed by atoms with Crippen LogP contribution in [0.3, 0.4) is 0 Å². The lowest BCUT2D eigenvalue weighted by atomic mass is 10.0. The van der Waals surface area contributed by atoms with E-state index in [2.05, 4.69) is 4.52 Å². The van der Waals surface area contributed by atoms with E-state index in [1.54, 1.807) is 0 Å². The Morgan fingerprint density at radius 3 is 2.17 bits per heavy atom. The molecule has 3 unspecified atom stereocenters. The number of carbonyl (C=O) groups is 2. The monoisotopic (exact) mass is 287 g/mol. The summed E-state index contributed by atoms with van der Waals surface area (Å²) in [5.74, 6) is -3.00. The number of phosphoric ester groups is 1. The third-order valence-electron chi connectivity index (χ3n) is 1.91. The Labute approximate surface area is 101 Å². The van der Waals surface area contributed by atoms with Crippen LogP contribution >= 0.6 is 7.82 Å². The van der Waals surface area contributed by atoms with Gasteiger partial charge in [0.2, 0.25) is 5.78 Å². The molecule has 3 atom stereocenters. The van der Waals surface area contributed by atoms with Gasteiger partial charge < -0.3 is 30.8 Å². The Bertz CT molecular complexity index is 353. The van der Waals surface area contributed by atoms with Crippen LogP contribution in [-0.4, -0.2) is 61.7 Å². The summed E-state index contributed by atoms with van der Waals surface area (Å²) in [6.07, 6.45) is -4.27. The van der Waals surface area contributed by atoms with Crippen molar-refractivity contribution in [2.24, 2.45) is 5.73 Å². The molecule has 106 valence electrons. The van der Waals surface area contributed by atoms with Crippen LogP contribution in [0.4, 0.5) is 0 Å². The van der Waals surface area contributed by atoms with Gasteiger partial charge in [-0.25, -0.2) is 9.36 Å². The van der Waals surface area contributed by atoms with E-state index in [4.69, 9.17) is 20.6 Å². The molecule has 0 bridgehead atoms. The first-order valence-electron chi connectivity index (χ1n) is 4.62. The Balaban J connectivity index is 4.28. The number of ketones is 1. The van der Waals surface area contributed by atoms with Gasteiger partial charge in [-0.2, -0.15) is 0 Å². The Kier molecular flexibility index (Phi) is 6.57. The zero-order valence-corrected chi connectivity index (χ0v) is 9.93. The second-order valence-electron chi connectivity index (χ2n) is 3.44. The summed E-state index contributed by atoms with van der Waals surface area (Å²) >= 11 is 0. The topological polar surface area (TPSA) is 188 Å². The first-order chi connectivity index (χ1) is 8.04. The predicted octanol–water partition coefficient (Wildman–Crippen LogP) is -2.81. The van der Waals surface area contributed by atoms with Crippen molar-refractivity contribution in [3.05, 3.63) is 0 Å². The SMILES string of the molecule is NC(CC(=O)C(=O)O)C(O)C(O)COP(=O)(O)O. The van der Waals surface area contributed by atoms with E-state index in [-0.39, 0.29) is 0 Å². The van der Waals surface area contributed by atoms with Crippen molar-refractivity contribution in [2.45, 2.75) is 24.7 Å². The van der Waals surface area contributed by atoms with Crippen molar-refractivity contribution in [1.82, 2.24) is 0 Å². The van der Waals surface area contributed by atoms with Crippen LogP contribution in [0.15, 0.2) is 0 Å². The first kappa shape index (κ1) is 17.1. The zero-order valence-electron chi connectivity index (χ0n) is 9.04. The maximum Gasteiger partial charge on any atom is 0.469 e. The fraction of sp³-hybridized carbons (Fsp3) is 0.714. The number of carbonyl (C=O) groups excluding carboxylic acids is 1.